The number of carbonyl (C=O) groups excluding carboxylic acids is 1. The summed E-state index contributed by atoms with van der Waals surface area (Å²) in [6.07, 6.45) is 1.78. The lowest BCUT2D eigenvalue weighted by atomic mass is 9.93. The molecule has 94 valence electrons. The van der Waals surface area contributed by atoms with Gasteiger partial charge in [0.1, 0.15) is 0 Å². The van der Waals surface area contributed by atoms with E-state index in [0.29, 0.717) is 19.6 Å². The molecule has 1 fully saturated rings. The van der Waals surface area contributed by atoms with Gasteiger partial charge in [-0.1, -0.05) is 0 Å². The number of rotatable bonds is 7. The van der Waals surface area contributed by atoms with E-state index in [1.807, 2.05) is 0 Å². The number of hydrogen-bond donors (Lipinski definition) is 2. The highest BCUT2D eigenvalue weighted by atomic mass is 16.5. The highest BCUT2D eigenvalue weighted by molar-refractivity contribution is 5.79. The lowest BCUT2D eigenvalue weighted by Gasteiger charge is -2.23. The van der Waals surface area contributed by atoms with Crippen LogP contribution >= 0.6 is 0 Å². The largest absolute Gasteiger partial charge is 0.391 e. The van der Waals surface area contributed by atoms with E-state index < -0.39 is 6.10 Å². The Hall–Kier alpha value is -0.650. The van der Waals surface area contributed by atoms with Crippen LogP contribution in [0.5, 0.6) is 0 Å². The van der Waals surface area contributed by atoms with Crippen LogP contribution in [0.15, 0.2) is 0 Å². The van der Waals surface area contributed by atoms with Crippen molar-refractivity contribution in [1.82, 2.24) is 5.32 Å². The average molecular weight is 231 g/mol. The first kappa shape index (κ1) is 13.4. The van der Waals surface area contributed by atoms with Crippen molar-refractivity contribution in [1.29, 1.82) is 0 Å². The lowest BCUT2D eigenvalue weighted by Crippen LogP contribution is -2.38. The van der Waals surface area contributed by atoms with E-state index in [9.17, 15) is 9.90 Å². The lowest BCUT2D eigenvalue weighted by molar-refractivity contribution is -0.128. The van der Waals surface area contributed by atoms with Gasteiger partial charge in [-0.2, -0.15) is 0 Å². The zero-order valence-corrected chi connectivity index (χ0v) is 9.78. The maximum absolute atomic E-state index is 11.4. The predicted molar refractivity (Wildman–Crippen MR) is 59.1 cm³/mol. The van der Waals surface area contributed by atoms with E-state index in [0.717, 1.165) is 19.4 Å². The summed E-state index contributed by atoms with van der Waals surface area (Å²) in [5, 5.41) is 12.5. The van der Waals surface area contributed by atoms with Crippen molar-refractivity contribution < 1.29 is 19.4 Å². The summed E-state index contributed by atoms with van der Waals surface area (Å²) in [6.45, 7) is 2.03. The molecule has 0 spiro atoms. The molecule has 0 radical (unpaired) electrons. The third-order valence-electron chi connectivity index (χ3n) is 2.70. The Labute approximate surface area is 96.1 Å². The van der Waals surface area contributed by atoms with Crippen molar-refractivity contribution in [2.45, 2.75) is 25.4 Å². The van der Waals surface area contributed by atoms with Gasteiger partial charge in [0.05, 0.1) is 25.9 Å². The molecule has 0 bridgehead atoms. The average Bonchev–Trinajstić information content (AvgIpc) is 2.28. The summed E-state index contributed by atoms with van der Waals surface area (Å²) in [7, 11) is 1.60. The van der Waals surface area contributed by atoms with E-state index in [4.69, 9.17) is 9.47 Å². The molecule has 0 aliphatic carbocycles. The zero-order valence-electron chi connectivity index (χ0n) is 9.78. The van der Waals surface area contributed by atoms with E-state index in [1.165, 1.54) is 0 Å². The number of piperidine rings is 1. The molecule has 1 amide bonds. The van der Waals surface area contributed by atoms with Crippen molar-refractivity contribution in [3.63, 3.8) is 0 Å². The maximum Gasteiger partial charge on any atom is 0.223 e. The quantitative estimate of drug-likeness (QED) is 0.602. The SMILES string of the molecule is COCCOCC(O)CC1CCCNC1=O. The molecule has 2 atom stereocenters. The Balaban J connectivity index is 2.12. The Morgan fingerprint density at radius 3 is 3.06 bits per heavy atom. The highest BCUT2D eigenvalue weighted by Gasteiger charge is 2.24. The van der Waals surface area contributed by atoms with Crippen LogP contribution in [0.3, 0.4) is 0 Å². The van der Waals surface area contributed by atoms with Crippen LogP contribution in [0.2, 0.25) is 0 Å². The molecule has 16 heavy (non-hydrogen) atoms. The summed E-state index contributed by atoms with van der Waals surface area (Å²) in [5.41, 5.74) is 0. The summed E-state index contributed by atoms with van der Waals surface area (Å²) in [5.74, 6) is -0.00281. The zero-order chi connectivity index (χ0) is 11.8. The maximum atomic E-state index is 11.4. The molecule has 1 aliphatic heterocycles. The first-order valence-corrected chi connectivity index (χ1v) is 5.76. The fourth-order valence-electron chi connectivity index (χ4n) is 1.82. The van der Waals surface area contributed by atoms with Gasteiger partial charge in [0.15, 0.2) is 0 Å². The molecule has 0 aromatic carbocycles. The van der Waals surface area contributed by atoms with E-state index >= 15 is 0 Å². The van der Waals surface area contributed by atoms with Gasteiger partial charge in [0.25, 0.3) is 0 Å². The van der Waals surface area contributed by atoms with Crippen molar-refractivity contribution in [2.24, 2.45) is 5.92 Å². The van der Waals surface area contributed by atoms with Crippen LogP contribution < -0.4 is 5.32 Å². The van der Waals surface area contributed by atoms with Crippen molar-refractivity contribution in [2.75, 3.05) is 33.5 Å². The minimum absolute atomic E-state index is 0.0576. The summed E-state index contributed by atoms with van der Waals surface area (Å²) >= 11 is 0. The van der Waals surface area contributed by atoms with Gasteiger partial charge in [-0.15, -0.1) is 0 Å². The Morgan fingerprint density at radius 1 is 1.56 bits per heavy atom. The summed E-state index contributed by atoms with van der Waals surface area (Å²) < 4.78 is 10.0. The van der Waals surface area contributed by atoms with Crippen molar-refractivity contribution in [3.8, 4) is 0 Å². The van der Waals surface area contributed by atoms with Crippen molar-refractivity contribution >= 4 is 5.91 Å². The molecule has 1 rings (SSSR count). The highest BCUT2D eigenvalue weighted by Crippen LogP contribution is 2.17. The minimum Gasteiger partial charge on any atom is -0.391 e. The molecule has 1 heterocycles. The normalized spacial score (nSPS) is 22.9. The second-order valence-corrected chi connectivity index (χ2v) is 4.09. The van der Waals surface area contributed by atoms with E-state index in [-0.39, 0.29) is 18.4 Å². The van der Waals surface area contributed by atoms with Crippen LogP contribution in [0.25, 0.3) is 0 Å². The van der Waals surface area contributed by atoms with Gasteiger partial charge in [-0.05, 0) is 19.3 Å². The molecule has 1 saturated heterocycles. The number of amides is 1. The standard InChI is InChI=1S/C11H21NO4/c1-15-5-6-16-8-10(13)7-9-3-2-4-12-11(9)14/h9-10,13H,2-8H2,1H3,(H,12,14). The fourth-order valence-corrected chi connectivity index (χ4v) is 1.82. The topological polar surface area (TPSA) is 67.8 Å². The van der Waals surface area contributed by atoms with E-state index in [2.05, 4.69) is 5.32 Å². The smallest absolute Gasteiger partial charge is 0.223 e. The molecule has 0 aromatic heterocycles. The number of nitrogens with one attached hydrogen (secondary N) is 1. The minimum atomic E-state index is -0.564. The molecule has 0 aromatic rings. The molecule has 0 saturated carbocycles. The van der Waals surface area contributed by atoms with Gasteiger partial charge < -0.3 is 19.9 Å². The van der Waals surface area contributed by atoms with Crippen LogP contribution in [-0.4, -0.2) is 50.6 Å². The number of carbonyl (C=O) groups is 1. The first-order chi connectivity index (χ1) is 7.74. The third-order valence-corrected chi connectivity index (χ3v) is 2.70. The van der Waals surface area contributed by atoms with Crippen LogP contribution in [0, 0.1) is 5.92 Å². The van der Waals surface area contributed by atoms with Crippen LogP contribution in [-0.2, 0) is 14.3 Å². The second-order valence-electron chi connectivity index (χ2n) is 4.09. The fraction of sp³-hybridized carbons (Fsp3) is 0.909. The molecule has 1 aliphatic rings. The van der Waals surface area contributed by atoms with Gasteiger partial charge in [-0.25, -0.2) is 0 Å². The number of hydrogen-bond acceptors (Lipinski definition) is 4. The number of methoxy groups -OCH3 is 1. The molecular weight excluding hydrogens is 210 g/mol. The number of aliphatic hydroxyl groups is 1. The Morgan fingerprint density at radius 2 is 2.38 bits per heavy atom. The monoisotopic (exact) mass is 231 g/mol. The predicted octanol–water partition coefficient (Wildman–Crippen LogP) is -0.0734. The Kier molecular flexibility index (Phi) is 6.37. The molecule has 5 nitrogen and oxygen atoms in total. The second kappa shape index (κ2) is 7.60. The van der Waals surface area contributed by atoms with Crippen LogP contribution in [0.4, 0.5) is 0 Å². The molecular formula is C11H21NO4. The van der Waals surface area contributed by atoms with E-state index in [1.54, 1.807) is 7.11 Å². The number of ether oxygens (including phenoxy) is 2. The van der Waals surface area contributed by atoms with Crippen molar-refractivity contribution in [3.05, 3.63) is 0 Å². The first-order valence-electron chi connectivity index (χ1n) is 5.76. The van der Waals surface area contributed by atoms with Gasteiger partial charge in [0.2, 0.25) is 5.91 Å². The van der Waals surface area contributed by atoms with Gasteiger partial charge >= 0.3 is 0 Å². The van der Waals surface area contributed by atoms with Crippen LogP contribution in [0.1, 0.15) is 19.3 Å². The van der Waals surface area contributed by atoms with Gasteiger partial charge in [0, 0.05) is 19.6 Å². The molecule has 2 N–H and O–H groups in total. The number of aliphatic hydroxyl groups excluding tert-OH is 1. The Bertz CT molecular complexity index is 210. The van der Waals surface area contributed by atoms with Gasteiger partial charge in [-0.3, -0.25) is 4.79 Å². The molecule has 5 heteroatoms. The third kappa shape index (κ3) is 4.92. The summed E-state index contributed by atoms with van der Waals surface area (Å²) in [4.78, 5) is 11.4. The molecule has 2 unspecified atom stereocenters. The summed E-state index contributed by atoms with van der Waals surface area (Å²) in [6, 6.07) is 0.